The Morgan fingerprint density at radius 2 is 1.74 bits per heavy atom. The Hall–Kier alpha value is -2.58. The zero-order chi connectivity index (χ0) is 20.2. The Bertz CT molecular complexity index is 916. The molecule has 0 aromatic heterocycles. The van der Waals surface area contributed by atoms with Crippen molar-refractivity contribution in [1.29, 1.82) is 0 Å². The number of primary sulfonamides is 1. The second kappa shape index (κ2) is 7.98. The van der Waals surface area contributed by atoms with Crippen LogP contribution >= 0.6 is 0 Å². The fourth-order valence-electron chi connectivity index (χ4n) is 2.37. The fraction of sp³-hybridized carbons (Fsp3) is 0.316. The van der Waals surface area contributed by atoms with Gasteiger partial charge in [-0.2, -0.15) is 0 Å². The molecule has 0 radical (unpaired) electrons. The number of hydrogen-bond donors (Lipinski definition) is 2. The number of anilines is 1. The van der Waals surface area contributed by atoms with Crippen LogP contribution in [0, 0.1) is 0 Å². The number of nitrogens with one attached hydrogen (secondary N) is 1. The summed E-state index contributed by atoms with van der Waals surface area (Å²) in [4.78, 5) is 11.9. The van der Waals surface area contributed by atoms with Crippen molar-refractivity contribution in [2.45, 2.75) is 31.1 Å². The highest BCUT2D eigenvalue weighted by molar-refractivity contribution is 7.89. The molecule has 27 heavy (non-hydrogen) atoms. The molecule has 0 aliphatic heterocycles. The van der Waals surface area contributed by atoms with E-state index in [0.717, 1.165) is 5.56 Å². The summed E-state index contributed by atoms with van der Waals surface area (Å²) in [6.45, 7) is 6.12. The standard InChI is InChI=1S/C19H24N2O5S/c1-19(2,3)13-5-8-15(9-6-13)26-12-18(22)21-14-7-10-16(25-4)17(11-14)27(20,23)24/h5-11H,12H2,1-4H3,(H,21,22)(H2,20,23,24). The van der Waals surface area contributed by atoms with Crippen LogP contribution in [0.2, 0.25) is 0 Å². The van der Waals surface area contributed by atoms with Crippen molar-refractivity contribution < 1.29 is 22.7 Å². The van der Waals surface area contributed by atoms with Crippen molar-refractivity contribution in [2.24, 2.45) is 5.14 Å². The van der Waals surface area contributed by atoms with Gasteiger partial charge in [0, 0.05) is 5.69 Å². The maximum absolute atomic E-state index is 12.1. The third kappa shape index (κ3) is 5.70. The summed E-state index contributed by atoms with van der Waals surface area (Å²) in [6.07, 6.45) is 0. The van der Waals surface area contributed by atoms with Gasteiger partial charge in [-0.3, -0.25) is 4.79 Å². The highest BCUT2D eigenvalue weighted by Gasteiger charge is 2.17. The molecule has 0 aliphatic carbocycles. The smallest absolute Gasteiger partial charge is 0.262 e. The molecule has 0 fully saturated rings. The van der Waals surface area contributed by atoms with Gasteiger partial charge in [-0.1, -0.05) is 32.9 Å². The van der Waals surface area contributed by atoms with Crippen molar-refractivity contribution in [3.05, 3.63) is 48.0 Å². The molecule has 0 atom stereocenters. The number of benzene rings is 2. The van der Waals surface area contributed by atoms with Crippen LogP contribution < -0.4 is 19.9 Å². The van der Waals surface area contributed by atoms with Gasteiger partial charge in [0.05, 0.1) is 7.11 Å². The van der Waals surface area contributed by atoms with Crippen molar-refractivity contribution in [2.75, 3.05) is 19.0 Å². The summed E-state index contributed by atoms with van der Waals surface area (Å²) in [5.74, 6) is 0.240. The summed E-state index contributed by atoms with van der Waals surface area (Å²) in [5.41, 5.74) is 1.47. The summed E-state index contributed by atoms with van der Waals surface area (Å²) in [5, 5.41) is 7.74. The van der Waals surface area contributed by atoms with Gasteiger partial charge in [-0.15, -0.1) is 0 Å². The molecular weight excluding hydrogens is 368 g/mol. The number of carbonyl (C=O) groups is 1. The van der Waals surface area contributed by atoms with E-state index in [1.54, 1.807) is 12.1 Å². The minimum absolute atomic E-state index is 0.0330. The van der Waals surface area contributed by atoms with Crippen LogP contribution in [-0.2, 0) is 20.2 Å². The molecule has 1 amide bonds. The first-order valence-electron chi connectivity index (χ1n) is 8.25. The summed E-state index contributed by atoms with van der Waals surface area (Å²) < 4.78 is 33.7. The van der Waals surface area contributed by atoms with E-state index in [0.29, 0.717) is 5.75 Å². The number of hydrogen-bond acceptors (Lipinski definition) is 5. The fourth-order valence-corrected chi connectivity index (χ4v) is 3.10. The van der Waals surface area contributed by atoms with Gasteiger partial charge in [0.2, 0.25) is 10.0 Å². The van der Waals surface area contributed by atoms with E-state index in [-0.39, 0.29) is 28.4 Å². The number of ether oxygens (including phenoxy) is 2. The van der Waals surface area contributed by atoms with E-state index in [1.807, 2.05) is 12.1 Å². The van der Waals surface area contributed by atoms with Gasteiger partial charge in [-0.05, 0) is 41.3 Å². The van der Waals surface area contributed by atoms with Crippen LogP contribution in [0.15, 0.2) is 47.4 Å². The van der Waals surface area contributed by atoms with Crippen molar-refractivity contribution in [3.8, 4) is 11.5 Å². The highest BCUT2D eigenvalue weighted by atomic mass is 32.2. The van der Waals surface area contributed by atoms with Crippen LogP contribution in [0.5, 0.6) is 11.5 Å². The first-order valence-corrected chi connectivity index (χ1v) is 9.79. The van der Waals surface area contributed by atoms with Gasteiger partial charge >= 0.3 is 0 Å². The normalized spacial score (nSPS) is 11.7. The predicted molar refractivity (Wildman–Crippen MR) is 104 cm³/mol. The van der Waals surface area contributed by atoms with E-state index in [2.05, 4.69) is 26.1 Å². The Morgan fingerprint density at radius 3 is 2.26 bits per heavy atom. The molecule has 8 heteroatoms. The predicted octanol–water partition coefficient (Wildman–Crippen LogP) is 2.66. The minimum Gasteiger partial charge on any atom is -0.495 e. The number of sulfonamides is 1. The lowest BCUT2D eigenvalue weighted by molar-refractivity contribution is -0.118. The second-order valence-corrected chi connectivity index (χ2v) is 8.55. The Morgan fingerprint density at radius 1 is 1.11 bits per heavy atom. The zero-order valence-electron chi connectivity index (χ0n) is 15.8. The molecule has 0 saturated heterocycles. The van der Waals surface area contributed by atoms with Crippen LogP contribution in [0.1, 0.15) is 26.3 Å². The monoisotopic (exact) mass is 392 g/mol. The lowest BCUT2D eigenvalue weighted by Gasteiger charge is -2.19. The Kier molecular flexibility index (Phi) is 6.12. The number of amides is 1. The van der Waals surface area contributed by atoms with Gasteiger partial charge in [-0.25, -0.2) is 13.6 Å². The maximum Gasteiger partial charge on any atom is 0.262 e. The van der Waals surface area contributed by atoms with E-state index >= 15 is 0 Å². The zero-order valence-corrected chi connectivity index (χ0v) is 16.6. The first-order chi connectivity index (χ1) is 12.5. The van der Waals surface area contributed by atoms with E-state index in [4.69, 9.17) is 14.6 Å². The molecule has 0 spiro atoms. The van der Waals surface area contributed by atoms with E-state index in [1.165, 1.54) is 25.3 Å². The summed E-state index contributed by atoms with van der Waals surface area (Å²) >= 11 is 0. The molecule has 3 N–H and O–H groups in total. The average Bonchev–Trinajstić information content (AvgIpc) is 2.59. The van der Waals surface area contributed by atoms with Gasteiger partial charge in [0.15, 0.2) is 6.61 Å². The minimum atomic E-state index is -3.98. The molecule has 0 aliphatic rings. The molecular formula is C19H24N2O5S. The molecule has 146 valence electrons. The quantitative estimate of drug-likeness (QED) is 0.786. The van der Waals surface area contributed by atoms with Crippen LogP contribution in [-0.4, -0.2) is 28.0 Å². The maximum atomic E-state index is 12.1. The summed E-state index contributed by atoms with van der Waals surface area (Å²) in [7, 11) is -2.65. The number of carbonyl (C=O) groups excluding carboxylic acids is 1. The van der Waals surface area contributed by atoms with Gasteiger partial charge < -0.3 is 14.8 Å². The molecule has 7 nitrogen and oxygen atoms in total. The van der Waals surface area contributed by atoms with Crippen molar-refractivity contribution in [3.63, 3.8) is 0 Å². The lowest BCUT2D eigenvalue weighted by atomic mass is 9.87. The molecule has 2 aromatic rings. The number of methoxy groups -OCH3 is 1. The van der Waals surface area contributed by atoms with E-state index in [9.17, 15) is 13.2 Å². The Labute approximate surface area is 159 Å². The SMILES string of the molecule is COc1ccc(NC(=O)COc2ccc(C(C)(C)C)cc2)cc1S(N)(=O)=O. The molecule has 2 aromatic carbocycles. The molecule has 0 bridgehead atoms. The van der Waals surface area contributed by atoms with Crippen LogP contribution in [0.3, 0.4) is 0 Å². The average molecular weight is 392 g/mol. The second-order valence-electron chi connectivity index (χ2n) is 7.02. The first kappa shape index (κ1) is 20.7. The molecule has 2 rings (SSSR count). The molecule has 0 saturated carbocycles. The molecule has 0 unspecified atom stereocenters. The highest BCUT2D eigenvalue weighted by Crippen LogP contribution is 2.26. The van der Waals surface area contributed by atoms with Gasteiger partial charge in [0.1, 0.15) is 16.4 Å². The van der Waals surface area contributed by atoms with Crippen LogP contribution in [0.4, 0.5) is 5.69 Å². The Balaban J connectivity index is 2.02. The number of rotatable bonds is 6. The van der Waals surface area contributed by atoms with Crippen molar-refractivity contribution >= 4 is 21.6 Å². The van der Waals surface area contributed by atoms with Crippen molar-refractivity contribution in [1.82, 2.24) is 0 Å². The third-order valence-electron chi connectivity index (χ3n) is 3.84. The van der Waals surface area contributed by atoms with Crippen LogP contribution in [0.25, 0.3) is 0 Å². The third-order valence-corrected chi connectivity index (χ3v) is 4.78. The lowest BCUT2D eigenvalue weighted by Crippen LogP contribution is -2.21. The largest absolute Gasteiger partial charge is 0.495 e. The summed E-state index contributed by atoms with van der Waals surface area (Å²) in [6, 6.07) is 11.7. The molecule has 0 heterocycles. The van der Waals surface area contributed by atoms with E-state index < -0.39 is 15.9 Å². The topological polar surface area (TPSA) is 108 Å². The van der Waals surface area contributed by atoms with Gasteiger partial charge in [0.25, 0.3) is 5.91 Å². The number of nitrogens with two attached hydrogens (primary N) is 1.